The SMILES string of the molecule is C#CC(=O)OCC(=O)[C@@]1(OC(=O)C#C)C(C)CC2C3CCC4=CC(=O)C=CC4(C)C3(Cl)C(O)CC21C.[HH].[HH]. The van der Waals surface area contributed by atoms with Crippen molar-refractivity contribution in [2.24, 2.45) is 28.6 Å². The summed E-state index contributed by atoms with van der Waals surface area (Å²) in [6, 6.07) is 0. The topological polar surface area (TPSA) is 107 Å². The highest BCUT2D eigenvalue weighted by atomic mass is 35.5. The van der Waals surface area contributed by atoms with E-state index >= 15 is 0 Å². The Balaban J connectivity index is 0.00000253. The van der Waals surface area contributed by atoms with Crippen molar-refractivity contribution in [3.63, 3.8) is 0 Å². The predicted molar refractivity (Wildman–Crippen MR) is 134 cm³/mol. The second kappa shape index (κ2) is 8.61. The van der Waals surface area contributed by atoms with Crippen LogP contribution in [-0.4, -0.2) is 51.8 Å². The Hall–Kier alpha value is -2.87. The molecule has 0 spiro atoms. The van der Waals surface area contributed by atoms with Crippen molar-refractivity contribution in [2.75, 3.05) is 6.61 Å². The van der Waals surface area contributed by atoms with Crippen molar-refractivity contribution in [2.45, 2.75) is 63.0 Å². The van der Waals surface area contributed by atoms with E-state index in [9.17, 15) is 24.3 Å². The number of allylic oxidation sites excluding steroid dienone is 4. The molecule has 0 aromatic carbocycles. The molecule has 0 bridgehead atoms. The van der Waals surface area contributed by atoms with E-state index in [-0.39, 0.29) is 26.9 Å². The molecule has 0 saturated heterocycles. The van der Waals surface area contributed by atoms with Gasteiger partial charge in [0.1, 0.15) is 0 Å². The van der Waals surface area contributed by atoms with Gasteiger partial charge in [-0.05, 0) is 49.7 Å². The van der Waals surface area contributed by atoms with Crippen LogP contribution in [0, 0.1) is 53.3 Å². The average Bonchev–Trinajstić information content (AvgIpc) is 3.05. The molecule has 7 unspecified atom stereocenters. The summed E-state index contributed by atoms with van der Waals surface area (Å²) in [7, 11) is 0. The molecule has 4 aliphatic rings. The Labute approximate surface area is 218 Å². The molecule has 194 valence electrons. The van der Waals surface area contributed by atoms with E-state index < -0.39 is 57.7 Å². The van der Waals surface area contributed by atoms with E-state index in [2.05, 4.69) is 0 Å². The molecule has 4 rings (SSSR count). The van der Waals surface area contributed by atoms with Gasteiger partial charge in [0.25, 0.3) is 0 Å². The fourth-order valence-corrected chi connectivity index (χ4v) is 8.38. The molecule has 36 heavy (non-hydrogen) atoms. The molecule has 1 N–H and O–H groups in total. The maximum absolute atomic E-state index is 13.7. The lowest BCUT2D eigenvalue weighted by molar-refractivity contribution is -0.199. The van der Waals surface area contributed by atoms with Gasteiger partial charge in [0.2, 0.25) is 5.78 Å². The molecule has 0 aromatic heterocycles. The third kappa shape index (κ3) is 3.26. The van der Waals surface area contributed by atoms with E-state index in [1.165, 1.54) is 6.08 Å². The second-order valence-electron chi connectivity index (χ2n) is 10.8. The Morgan fingerprint density at radius 2 is 1.89 bits per heavy atom. The monoisotopic (exact) mass is 516 g/mol. The number of aliphatic hydroxyl groups excluding tert-OH is 1. The summed E-state index contributed by atoms with van der Waals surface area (Å²) in [5.74, 6) is -0.125. The summed E-state index contributed by atoms with van der Waals surface area (Å²) in [5.41, 5.74) is -2.72. The number of rotatable bonds is 4. The van der Waals surface area contributed by atoms with Gasteiger partial charge < -0.3 is 14.6 Å². The number of hydrogen-bond donors (Lipinski definition) is 1. The fourth-order valence-electron chi connectivity index (χ4n) is 7.85. The lowest BCUT2D eigenvalue weighted by Crippen LogP contribution is -2.69. The normalized spacial score (nSPS) is 42.5. The lowest BCUT2D eigenvalue weighted by atomic mass is 9.45. The fraction of sp³-hybridized carbons (Fsp3) is 0.571. The molecule has 3 fully saturated rings. The van der Waals surface area contributed by atoms with Gasteiger partial charge in [-0.1, -0.05) is 32.4 Å². The van der Waals surface area contributed by atoms with Crippen molar-refractivity contribution >= 4 is 35.1 Å². The minimum absolute atomic E-state index is 0. The third-order valence-corrected chi connectivity index (χ3v) is 10.3. The van der Waals surface area contributed by atoms with Crippen molar-refractivity contribution in [3.05, 3.63) is 23.8 Å². The van der Waals surface area contributed by atoms with Gasteiger partial charge >= 0.3 is 11.9 Å². The smallest absolute Gasteiger partial charge is 0.385 e. The Morgan fingerprint density at radius 1 is 1.22 bits per heavy atom. The highest BCUT2D eigenvalue weighted by Crippen LogP contribution is 2.72. The zero-order valence-corrected chi connectivity index (χ0v) is 21.3. The Bertz CT molecular complexity index is 1200. The number of halogens is 1. The van der Waals surface area contributed by atoms with E-state index in [1.54, 1.807) is 31.9 Å². The molecule has 0 aromatic rings. The first kappa shape index (κ1) is 26.2. The van der Waals surface area contributed by atoms with Gasteiger partial charge in [-0.2, -0.15) is 0 Å². The van der Waals surface area contributed by atoms with Crippen LogP contribution >= 0.6 is 11.6 Å². The standard InChI is InChI=1S/C28H29ClO7.2H2/c1-6-23(33)35-15-22(32)28(36-24(34)7-2)16(3)12-20-19-9-8-17-13-18(30)10-11-25(17,4)27(19,29)21(31)14-26(20,28)5;;/h1-2,10-11,13,16,19-21,31H,8-9,12,14-15H2,3-5H3;2*1H/t16?,19?,20?,21?,25?,26?,27?,28-;;/m0../s1. The molecule has 4 aliphatic carbocycles. The lowest BCUT2D eigenvalue weighted by Gasteiger charge is -2.64. The molecule has 0 heterocycles. The van der Waals surface area contributed by atoms with Crippen molar-refractivity contribution in [1.82, 2.24) is 0 Å². The number of aliphatic hydroxyl groups is 1. The number of carbonyl (C=O) groups excluding carboxylic acids is 4. The summed E-state index contributed by atoms with van der Waals surface area (Å²) in [6.45, 7) is 4.82. The number of ketones is 2. The van der Waals surface area contributed by atoms with E-state index in [0.29, 0.717) is 19.3 Å². The van der Waals surface area contributed by atoms with Crippen LogP contribution < -0.4 is 0 Å². The number of hydrogen-bond acceptors (Lipinski definition) is 7. The average molecular weight is 517 g/mol. The van der Waals surface area contributed by atoms with Gasteiger partial charge in [0, 0.05) is 31.4 Å². The number of Topliss-reactive ketones (excluding diaryl/α,β-unsaturated/α-hetero) is 1. The minimum Gasteiger partial charge on any atom is -0.448 e. The minimum atomic E-state index is -1.76. The third-order valence-electron chi connectivity index (χ3n) is 9.42. The van der Waals surface area contributed by atoms with E-state index in [0.717, 1.165) is 5.57 Å². The van der Waals surface area contributed by atoms with Crippen molar-refractivity contribution in [3.8, 4) is 24.7 Å². The quantitative estimate of drug-likeness (QED) is 0.265. The maximum Gasteiger partial charge on any atom is 0.385 e. The van der Waals surface area contributed by atoms with Crippen LogP contribution in [0.15, 0.2) is 23.8 Å². The molecule has 3 saturated carbocycles. The van der Waals surface area contributed by atoms with Crippen molar-refractivity contribution in [1.29, 1.82) is 0 Å². The highest BCUT2D eigenvalue weighted by molar-refractivity contribution is 6.26. The highest BCUT2D eigenvalue weighted by Gasteiger charge is 2.76. The van der Waals surface area contributed by atoms with Crippen LogP contribution in [0.5, 0.6) is 0 Å². The summed E-state index contributed by atoms with van der Waals surface area (Å²) in [4.78, 5) is 48.7. The summed E-state index contributed by atoms with van der Waals surface area (Å²) < 4.78 is 10.7. The summed E-state index contributed by atoms with van der Waals surface area (Å²) >= 11 is 7.42. The zero-order valence-electron chi connectivity index (χ0n) is 20.5. The molecular formula is C28H33ClO7. The van der Waals surface area contributed by atoms with Crippen LogP contribution in [0.4, 0.5) is 0 Å². The Kier molecular flexibility index (Phi) is 6.27. The van der Waals surface area contributed by atoms with Crippen LogP contribution in [0.1, 0.15) is 49.3 Å². The Morgan fingerprint density at radius 3 is 2.53 bits per heavy atom. The maximum atomic E-state index is 13.7. The molecule has 8 heteroatoms. The van der Waals surface area contributed by atoms with E-state index in [1.807, 2.05) is 12.8 Å². The van der Waals surface area contributed by atoms with Gasteiger partial charge in [-0.3, -0.25) is 9.59 Å². The second-order valence-corrected chi connectivity index (χ2v) is 11.4. The van der Waals surface area contributed by atoms with Crippen LogP contribution in [0.2, 0.25) is 0 Å². The van der Waals surface area contributed by atoms with Crippen molar-refractivity contribution < 1.29 is 36.6 Å². The molecule has 8 atom stereocenters. The molecule has 7 nitrogen and oxygen atoms in total. The first-order chi connectivity index (χ1) is 16.8. The summed E-state index contributed by atoms with van der Waals surface area (Å²) in [5, 5.41) is 11.7. The first-order valence-corrected chi connectivity index (χ1v) is 12.4. The number of terminal acetylenes is 2. The number of ether oxygens (including phenoxy) is 2. The van der Waals surface area contributed by atoms with Gasteiger partial charge in [0.15, 0.2) is 18.0 Å². The van der Waals surface area contributed by atoms with Gasteiger partial charge in [-0.15, -0.1) is 24.4 Å². The van der Waals surface area contributed by atoms with E-state index in [4.69, 9.17) is 33.9 Å². The van der Waals surface area contributed by atoms with Crippen LogP contribution in [0.25, 0.3) is 0 Å². The largest absolute Gasteiger partial charge is 0.448 e. The van der Waals surface area contributed by atoms with Crippen LogP contribution in [-0.2, 0) is 28.7 Å². The van der Waals surface area contributed by atoms with Gasteiger partial charge in [-0.25, -0.2) is 9.59 Å². The predicted octanol–water partition coefficient (Wildman–Crippen LogP) is 3.03. The molecular weight excluding hydrogens is 484 g/mol. The zero-order chi connectivity index (χ0) is 26.7. The first-order valence-electron chi connectivity index (χ1n) is 12.0. The summed E-state index contributed by atoms with van der Waals surface area (Å²) in [6.07, 6.45) is 15.8. The number of fused-ring (bicyclic) bond motifs is 5. The molecule has 0 amide bonds. The molecule has 0 aliphatic heterocycles. The number of carbonyl (C=O) groups is 4. The van der Waals surface area contributed by atoms with Gasteiger partial charge in [0.05, 0.1) is 11.0 Å². The molecule has 0 radical (unpaired) electrons. The number of alkyl halides is 1. The number of esters is 2. The van der Waals surface area contributed by atoms with Crippen LogP contribution in [0.3, 0.4) is 0 Å².